The average molecular weight is 337 g/mol. The molecule has 0 aliphatic rings. The van der Waals surface area contributed by atoms with Crippen LogP contribution in [0, 0.1) is 0 Å². The maximum Gasteiger partial charge on any atom is 0.193 e. The van der Waals surface area contributed by atoms with Crippen molar-refractivity contribution in [3.05, 3.63) is 0 Å². The van der Waals surface area contributed by atoms with E-state index >= 15 is 0 Å². The molecule has 0 N–H and O–H groups in total. The van der Waals surface area contributed by atoms with Gasteiger partial charge in [-0.3, -0.25) is 0 Å². The third kappa shape index (κ3) is 12.0. The predicted octanol–water partition coefficient (Wildman–Crippen LogP) is 5.30. The Kier molecular flexibility index (Phi) is 7.33. The second-order valence-electron chi connectivity index (χ2n) is 3.40. The molecular formula is C8H12Cl6O. The van der Waals surface area contributed by atoms with Crippen molar-refractivity contribution < 1.29 is 4.74 Å². The topological polar surface area (TPSA) is 9.23 Å². The normalized spacial score (nSPS) is 17.6. The van der Waals surface area contributed by atoms with Gasteiger partial charge in [0.15, 0.2) is 7.59 Å². The Morgan fingerprint density at radius 2 is 1.07 bits per heavy atom. The number of hydrogen-bond donors (Lipinski definition) is 0. The molecule has 0 aromatic rings. The van der Waals surface area contributed by atoms with E-state index in [9.17, 15) is 0 Å². The summed E-state index contributed by atoms with van der Waals surface area (Å²) in [7, 11) is 0. The summed E-state index contributed by atoms with van der Waals surface area (Å²) in [6.07, 6.45) is 0.170. The van der Waals surface area contributed by atoms with Crippen molar-refractivity contribution >= 4 is 69.6 Å². The monoisotopic (exact) mass is 334 g/mol. The molecule has 0 rings (SSSR count). The zero-order valence-corrected chi connectivity index (χ0v) is 12.8. The summed E-state index contributed by atoms with van der Waals surface area (Å²) in [5.74, 6) is 0. The lowest BCUT2D eigenvalue weighted by atomic mass is 10.2. The Labute approximate surface area is 120 Å². The van der Waals surface area contributed by atoms with Crippen LogP contribution in [-0.4, -0.2) is 19.8 Å². The fourth-order valence-corrected chi connectivity index (χ4v) is 2.45. The van der Waals surface area contributed by atoms with Gasteiger partial charge < -0.3 is 4.74 Å². The van der Waals surface area contributed by atoms with Gasteiger partial charge in [-0.05, 0) is 13.8 Å². The first kappa shape index (κ1) is 16.7. The van der Waals surface area contributed by atoms with Crippen LogP contribution < -0.4 is 0 Å². The fraction of sp³-hybridized carbons (Fsp3) is 1.00. The maximum absolute atomic E-state index is 5.62. The largest absolute Gasteiger partial charge is 0.375 e. The predicted molar refractivity (Wildman–Crippen MR) is 69.8 cm³/mol. The van der Waals surface area contributed by atoms with E-state index in [-0.39, 0.29) is 12.2 Å². The van der Waals surface area contributed by atoms with Crippen LogP contribution in [0.25, 0.3) is 0 Å². The van der Waals surface area contributed by atoms with E-state index in [1.165, 1.54) is 0 Å². The van der Waals surface area contributed by atoms with Crippen LogP contribution in [0.3, 0.4) is 0 Å². The first-order valence-electron chi connectivity index (χ1n) is 4.28. The number of alkyl halides is 6. The van der Waals surface area contributed by atoms with Crippen LogP contribution in [0.15, 0.2) is 0 Å². The van der Waals surface area contributed by atoms with Crippen molar-refractivity contribution in [1.29, 1.82) is 0 Å². The molecule has 0 aliphatic carbocycles. The average Bonchev–Trinajstić information content (AvgIpc) is 1.73. The highest BCUT2D eigenvalue weighted by Gasteiger charge is 2.27. The molecule has 0 aromatic heterocycles. The minimum absolute atomic E-state index is 0.208. The molecule has 15 heavy (non-hydrogen) atoms. The summed E-state index contributed by atoms with van der Waals surface area (Å²) >= 11 is 33.7. The van der Waals surface area contributed by atoms with Gasteiger partial charge in [-0.15, -0.1) is 0 Å². The first-order valence-corrected chi connectivity index (χ1v) is 6.55. The fourth-order valence-electron chi connectivity index (χ4n) is 1.14. The van der Waals surface area contributed by atoms with Gasteiger partial charge in [0, 0.05) is 12.8 Å². The van der Waals surface area contributed by atoms with E-state index < -0.39 is 7.59 Å². The lowest BCUT2D eigenvalue weighted by Gasteiger charge is -2.24. The maximum atomic E-state index is 5.62. The molecular weight excluding hydrogens is 325 g/mol. The zero-order chi connectivity index (χ0) is 12.3. The van der Waals surface area contributed by atoms with Crippen molar-refractivity contribution in [2.24, 2.45) is 0 Å². The molecule has 0 radical (unpaired) electrons. The number of halogens is 6. The molecule has 1 nitrogen and oxygen atoms in total. The molecule has 0 bridgehead atoms. The number of ether oxygens (including phenoxy) is 1. The molecule has 0 saturated heterocycles. The lowest BCUT2D eigenvalue weighted by Crippen LogP contribution is -2.25. The summed E-state index contributed by atoms with van der Waals surface area (Å²) in [6.45, 7) is 3.60. The van der Waals surface area contributed by atoms with E-state index in [0.29, 0.717) is 12.8 Å². The molecule has 2 unspecified atom stereocenters. The molecule has 0 saturated carbocycles. The third-order valence-electron chi connectivity index (χ3n) is 1.50. The Hall–Kier alpha value is 1.70. The van der Waals surface area contributed by atoms with Crippen molar-refractivity contribution in [3.8, 4) is 0 Å². The van der Waals surface area contributed by atoms with Crippen LogP contribution in [-0.2, 0) is 4.74 Å². The first-order chi connectivity index (χ1) is 6.49. The molecule has 0 fully saturated rings. The minimum atomic E-state index is -1.32. The van der Waals surface area contributed by atoms with Gasteiger partial charge in [0.05, 0.1) is 12.2 Å². The Morgan fingerprint density at radius 1 is 0.800 bits per heavy atom. The van der Waals surface area contributed by atoms with Crippen molar-refractivity contribution in [2.75, 3.05) is 0 Å². The zero-order valence-electron chi connectivity index (χ0n) is 8.24. The summed E-state index contributed by atoms with van der Waals surface area (Å²) in [5.41, 5.74) is 0. The highest BCUT2D eigenvalue weighted by molar-refractivity contribution is 6.68. The second kappa shape index (κ2) is 6.58. The molecule has 2 atom stereocenters. The lowest BCUT2D eigenvalue weighted by molar-refractivity contribution is 0.00141. The van der Waals surface area contributed by atoms with Gasteiger partial charge in [0.1, 0.15) is 0 Å². The summed E-state index contributed by atoms with van der Waals surface area (Å²) in [4.78, 5) is 0. The van der Waals surface area contributed by atoms with Gasteiger partial charge in [-0.1, -0.05) is 69.6 Å². The Morgan fingerprint density at radius 3 is 1.27 bits per heavy atom. The molecule has 0 heterocycles. The van der Waals surface area contributed by atoms with Gasteiger partial charge in [0.25, 0.3) is 0 Å². The van der Waals surface area contributed by atoms with Crippen LogP contribution >= 0.6 is 69.6 Å². The quantitative estimate of drug-likeness (QED) is 0.633. The van der Waals surface area contributed by atoms with Crippen LogP contribution in [0.5, 0.6) is 0 Å². The van der Waals surface area contributed by atoms with E-state index in [2.05, 4.69) is 0 Å². The van der Waals surface area contributed by atoms with Crippen LogP contribution in [0.2, 0.25) is 0 Å². The van der Waals surface area contributed by atoms with Crippen LogP contribution in [0.4, 0.5) is 0 Å². The standard InChI is InChI=1S/C8H12Cl6O/c1-5(3-7(9,10)11)15-6(2)4-8(12,13)14/h5-6H,3-4H2,1-2H3. The smallest absolute Gasteiger partial charge is 0.193 e. The van der Waals surface area contributed by atoms with E-state index in [4.69, 9.17) is 74.3 Å². The van der Waals surface area contributed by atoms with Crippen LogP contribution in [0.1, 0.15) is 26.7 Å². The summed E-state index contributed by atoms with van der Waals surface area (Å²) in [6, 6.07) is 0. The van der Waals surface area contributed by atoms with Gasteiger partial charge in [-0.25, -0.2) is 0 Å². The van der Waals surface area contributed by atoms with Crippen molar-refractivity contribution in [1.82, 2.24) is 0 Å². The summed E-state index contributed by atoms with van der Waals surface area (Å²) in [5, 5.41) is 0. The molecule has 0 aromatic carbocycles. The van der Waals surface area contributed by atoms with Crippen molar-refractivity contribution in [2.45, 2.75) is 46.5 Å². The minimum Gasteiger partial charge on any atom is -0.375 e. The van der Waals surface area contributed by atoms with Gasteiger partial charge >= 0.3 is 0 Å². The van der Waals surface area contributed by atoms with Crippen molar-refractivity contribution in [3.63, 3.8) is 0 Å². The van der Waals surface area contributed by atoms with Gasteiger partial charge in [0.2, 0.25) is 0 Å². The SMILES string of the molecule is CC(CC(Cl)(Cl)Cl)OC(C)CC(Cl)(Cl)Cl. The second-order valence-corrected chi connectivity index (χ2v) is 8.43. The Bertz CT molecular complexity index is 165. The van der Waals surface area contributed by atoms with Gasteiger partial charge in [-0.2, -0.15) is 0 Å². The molecule has 7 heteroatoms. The van der Waals surface area contributed by atoms with E-state index in [0.717, 1.165) is 0 Å². The highest BCUT2D eigenvalue weighted by atomic mass is 35.6. The molecule has 92 valence electrons. The number of rotatable bonds is 4. The van der Waals surface area contributed by atoms with E-state index in [1.807, 2.05) is 0 Å². The molecule has 0 amide bonds. The van der Waals surface area contributed by atoms with E-state index in [1.54, 1.807) is 13.8 Å². The Balaban J connectivity index is 3.92. The molecule has 0 aliphatic heterocycles. The number of hydrogen-bond acceptors (Lipinski definition) is 1. The highest BCUT2D eigenvalue weighted by Crippen LogP contribution is 2.35. The third-order valence-corrected chi connectivity index (χ3v) is 2.43. The summed E-state index contributed by atoms with van der Waals surface area (Å²) < 4.78 is 2.86. The molecule has 0 spiro atoms.